The number of carbonyl (C=O) groups is 1. The molecule has 0 saturated carbocycles. The average molecular weight is 374 g/mol. The van der Waals surface area contributed by atoms with Gasteiger partial charge in [0.1, 0.15) is 18.1 Å². The largest absolute Gasteiger partial charge is 0.496 e. The Balaban J connectivity index is 1.67. The lowest BCUT2D eigenvalue weighted by Crippen LogP contribution is -2.18. The molecular weight excluding hydrogens is 352 g/mol. The second-order valence-electron chi connectivity index (χ2n) is 6.21. The molecule has 1 amide bonds. The van der Waals surface area contributed by atoms with E-state index in [0.717, 1.165) is 16.7 Å². The summed E-state index contributed by atoms with van der Waals surface area (Å²) in [6.45, 7) is 2.40. The Bertz CT molecular complexity index is 969. The maximum atomic E-state index is 12.4. The molecular formula is C23H22N2O3. The van der Waals surface area contributed by atoms with Crippen molar-refractivity contribution in [3.05, 3.63) is 95.1 Å². The summed E-state index contributed by atoms with van der Waals surface area (Å²) in [5, 5.41) is 4.07. The van der Waals surface area contributed by atoms with Gasteiger partial charge in [-0.25, -0.2) is 5.43 Å². The van der Waals surface area contributed by atoms with E-state index >= 15 is 0 Å². The number of hydrazone groups is 1. The van der Waals surface area contributed by atoms with Gasteiger partial charge >= 0.3 is 0 Å². The molecule has 5 heteroatoms. The fourth-order valence-corrected chi connectivity index (χ4v) is 2.66. The van der Waals surface area contributed by atoms with Crippen molar-refractivity contribution in [2.45, 2.75) is 13.5 Å². The molecule has 3 aromatic carbocycles. The number of amides is 1. The van der Waals surface area contributed by atoms with E-state index < -0.39 is 0 Å². The van der Waals surface area contributed by atoms with Crippen LogP contribution in [0.2, 0.25) is 0 Å². The average Bonchev–Trinajstić information content (AvgIpc) is 2.73. The van der Waals surface area contributed by atoms with Crippen molar-refractivity contribution in [1.29, 1.82) is 0 Å². The molecule has 0 bridgehead atoms. The van der Waals surface area contributed by atoms with Crippen molar-refractivity contribution in [2.24, 2.45) is 5.10 Å². The van der Waals surface area contributed by atoms with E-state index in [0.29, 0.717) is 23.7 Å². The maximum absolute atomic E-state index is 12.4. The zero-order valence-electron chi connectivity index (χ0n) is 15.9. The summed E-state index contributed by atoms with van der Waals surface area (Å²) >= 11 is 0. The smallest absolute Gasteiger partial charge is 0.275 e. The first kappa shape index (κ1) is 19.2. The molecule has 0 heterocycles. The van der Waals surface area contributed by atoms with Crippen molar-refractivity contribution in [1.82, 2.24) is 5.43 Å². The van der Waals surface area contributed by atoms with E-state index in [-0.39, 0.29) is 5.91 Å². The number of aryl methyl sites for hydroxylation is 1. The van der Waals surface area contributed by atoms with Crippen LogP contribution in [0, 0.1) is 6.92 Å². The summed E-state index contributed by atoms with van der Waals surface area (Å²) in [6.07, 6.45) is 1.57. The van der Waals surface area contributed by atoms with Gasteiger partial charge in [-0.1, -0.05) is 48.5 Å². The highest BCUT2D eigenvalue weighted by molar-refractivity contribution is 5.97. The number of hydrogen-bond donors (Lipinski definition) is 1. The van der Waals surface area contributed by atoms with Gasteiger partial charge < -0.3 is 9.47 Å². The third-order valence-corrected chi connectivity index (χ3v) is 4.13. The monoisotopic (exact) mass is 374 g/mol. The number of nitrogens with zero attached hydrogens (tertiary/aromatic N) is 1. The van der Waals surface area contributed by atoms with Gasteiger partial charge in [0.05, 0.1) is 18.9 Å². The van der Waals surface area contributed by atoms with Gasteiger partial charge in [-0.15, -0.1) is 0 Å². The quantitative estimate of drug-likeness (QED) is 0.494. The van der Waals surface area contributed by atoms with E-state index in [9.17, 15) is 4.79 Å². The summed E-state index contributed by atoms with van der Waals surface area (Å²) in [5.41, 5.74) is 5.83. The van der Waals surface area contributed by atoms with E-state index in [4.69, 9.17) is 9.47 Å². The van der Waals surface area contributed by atoms with Crippen LogP contribution >= 0.6 is 0 Å². The predicted octanol–water partition coefficient (Wildman–Crippen LogP) is 4.35. The van der Waals surface area contributed by atoms with Crippen LogP contribution in [0.5, 0.6) is 11.5 Å². The highest BCUT2D eigenvalue weighted by atomic mass is 16.5. The lowest BCUT2D eigenvalue weighted by atomic mass is 10.1. The Hall–Kier alpha value is -3.60. The van der Waals surface area contributed by atoms with Crippen LogP contribution < -0.4 is 14.9 Å². The van der Waals surface area contributed by atoms with E-state index in [2.05, 4.69) is 10.5 Å². The normalized spacial score (nSPS) is 10.6. The van der Waals surface area contributed by atoms with E-state index in [1.165, 1.54) is 7.11 Å². The number of rotatable bonds is 7. The van der Waals surface area contributed by atoms with Gasteiger partial charge in [0.15, 0.2) is 0 Å². The molecule has 0 aliphatic carbocycles. The molecule has 3 rings (SSSR count). The van der Waals surface area contributed by atoms with Crippen molar-refractivity contribution in [3.8, 4) is 11.5 Å². The number of benzene rings is 3. The van der Waals surface area contributed by atoms with Crippen LogP contribution in [0.25, 0.3) is 0 Å². The molecule has 0 aliphatic rings. The third kappa shape index (κ3) is 4.98. The third-order valence-electron chi connectivity index (χ3n) is 4.13. The lowest BCUT2D eigenvalue weighted by molar-refractivity contribution is 0.0952. The van der Waals surface area contributed by atoms with Crippen LogP contribution in [0.15, 0.2) is 77.9 Å². The fourth-order valence-electron chi connectivity index (χ4n) is 2.66. The van der Waals surface area contributed by atoms with Crippen LogP contribution in [-0.4, -0.2) is 19.2 Å². The number of nitrogens with one attached hydrogen (secondary N) is 1. The van der Waals surface area contributed by atoms with Crippen molar-refractivity contribution >= 4 is 12.1 Å². The zero-order chi connectivity index (χ0) is 19.8. The van der Waals surface area contributed by atoms with Crippen molar-refractivity contribution < 1.29 is 14.3 Å². The Morgan fingerprint density at radius 3 is 2.54 bits per heavy atom. The number of para-hydroxylation sites is 1. The number of ether oxygens (including phenoxy) is 2. The summed E-state index contributed by atoms with van der Waals surface area (Å²) in [6, 6.07) is 22.8. The molecule has 0 aliphatic heterocycles. The summed E-state index contributed by atoms with van der Waals surface area (Å²) in [5.74, 6) is 0.868. The van der Waals surface area contributed by atoms with Gasteiger partial charge in [-0.2, -0.15) is 5.10 Å². The SMILES string of the molecule is COc1cc(C)ccc1C(=O)N/N=C\c1ccccc1OCc1ccccc1. The molecule has 28 heavy (non-hydrogen) atoms. The summed E-state index contributed by atoms with van der Waals surface area (Å²) < 4.78 is 11.2. The Morgan fingerprint density at radius 2 is 1.75 bits per heavy atom. The Labute approximate surface area is 164 Å². The number of hydrogen-bond acceptors (Lipinski definition) is 4. The standard InChI is InChI=1S/C23H22N2O3/c1-17-12-13-20(22(14-17)27-2)23(26)25-24-15-19-10-6-7-11-21(19)28-16-18-8-4-3-5-9-18/h3-15H,16H2,1-2H3,(H,25,26)/b24-15-. The molecule has 0 saturated heterocycles. The second-order valence-corrected chi connectivity index (χ2v) is 6.21. The molecule has 0 aromatic heterocycles. The molecule has 0 spiro atoms. The first-order valence-electron chi connectivity index (χ1n) is 8.91. The van der Waals surface area contributed by atoms with Crippen molar-refractivity contribution in [2.75, 3.05) is 7.11 Å². The second kappa shape index (κ2) is 9.37. The summed E-state index contributed by atoms with van der Waals surface area (Å²) in [7, 11) is 1.54. The molecule has 0 unspecified atom stereocenters. The van der Waals surface area contributed by atoms with Crippen molar-refractivity contribution in [3.63, 3.8) is 0 Å². The minimum absolute atomic E-state index is 0.337. The van der Waals surface area contributed by atoms with E-state index in [1.807, 2.05) is 73.7 Å². The molecule has 0 atom stereocenters. The van der Waals surface area contributed by atoms with Crippen LogP contribution in [0.4, 0.5) is 0 Å². The molecule has 0 fully saturated rings. The fraction of sp³-hybridized carbons (Fsp3) is 0.130. The Morgan fingerprint density at radius 1 is 1.00 bits per heavy atom. The lowest BCUT2D eigenvalue weighted by Gasteiger charge is -2.09. The van der Waals surface area contributed by atoms with Gasteiger partial charge in [0.2, 0.25) is 0 Å². The first-order valence-corrected chi connectivity index (χ1v) is 8.91. The van der Waals surface area contributed by atoms with Crippen LogP contribution in [0.3, 0.4) is 0 Å². The topological polar surface area (TPSA) is 59.9 Å². The molecule has 5 nitrogen and oxygen atoms in total. The molecule has 142 valence electrons. The zero-order valence-corrected chi connectivity index (χ0v) is 15.9. The predicted molar refractivity (Wildman–Crippen MR) is 110 cm³/mol. The summed E-state index contributed by atoms with van der Waals surface area (Å²) in [4.78, 5) is 12.4. The van der Waals surface area contributed by atoms with Gasteiger partial charge in [0, 0.05) is 5.56 Å². The minimum atomic E-state index is -0.337. The van der Waals surface area contributed by atoms with Gasteiger partial charge in [-0.05, 0) is 42.3 Å². The number of carbonyl (C=O) groups excluding carboxylic acids is 1. The minimum Gasteiger partial charge on any atom is -0.496 e. The molecule has 0 radical (unpaired) electrons. The van der Waals surface area contributed by atoms with Gasteiger partial charge in [0.25, 0.3) is 5.91 Å². The first-order chi connectivity index (χ1) is 13.7. The molecule has 3 aromatic rings. The van der Waals surface area contributed by atoms with Crippen LogP contribution in [-0.2, 0) is 6.61 Å². The highest BCUT2D eigenvalue weighted by Gasteiger charge is 2.11. The maximum Gasteiger partial charge on any atom is 0.275 e. The Kier molecular flexibility index (Phi) is 6.41. The van der Waals surface area contributed by atoms with E-state index in [1.54, 1.807) is 12.3 Å². The molecule has 1 N–H and O–H groups in total. The van der Waals surface area contributed by atoms with Gasteiger partial charge in [-0.3, -0.25) is 4.79 Å². The van der Waals surface area contributed by atoms with Crippen LogP contribution in [0.1, 0.15) is 27.0 Å². The number of methoxy groups -OCH3 is 1. The highest BCUT2D eigenvalue weighted by Crippen LogP contribution is 2.20.